The molecule has 20 heavy (non-hydrogen) atoms. The normalized spacial score (nSPS) is 11.4. The van der Waals surface area contributed by atoms with Gasteiger partial charge in [-0.2, -0.15) is 0 Å². The zero-order valence-electron chi connectivity index (χ0n) is 10.5. The molecule has 0 fully saturated rings. The molecule has 7 heteroatoms. The van der Waals surface area contributed by atoms with Crippen molar-refractivity contribution in [3.8, 4) is 0 Å². The second-order valence-electron chi connectivity index (χ2n) is 4.27. The monoisotopic (exact) mass is 356 g/mol. The Labute approximate surface area is 125 Å². The van der Waals surface area contributed by atoms with Crippen LogP contribution >= 0.6 is 15.9 Å². The van der Waals surface area contributed by atoms with E-state index in [1.165, 1.54) is 35.0 Å². The number of rotatable bonds is 4. The Morgan fingerprint density at radius 2 is 1.95 bits per heavy atom. The van der Waals surface area contributed by atoms with Gasteiger partial charge in [-0.25, -0.2) is 8.42 Å². The first kappa shape index (κ1) is 14.8. The van der Waals surface area contributed by atoms with Crippen molar-refractivity contribution >= 4 is 31.5 Å². The van der Waals surface area contributed by atoms with Crippen LogP contribution in [0.3, 0.4) is 0 Å². The third-order valence-corrected chi connectivity index (χ3v) is 4.95. The third-order valence-electron chi connectivity index (χ3n) is 2.76. The molecule has 0 saturated carbocycles. The number of hydrogen-bond donors (Lipinski definition) is 1. The highest BCUT2D eigenvalue weighted by molar-refractivity contribution is 9.10. The van der Waals surface area contributed by atoms with Crippen LogP contribution in [0.15, 0.2) is 56.8 Å². The van der Waals surface area contributed by atoms with E-state index in [0.29, 0.717) is 10.2 Å². The molecule has 0 atom stereocenters. The van der Waals surface area contributed by atoms with Gasteiger partial charge in [0.2, 0.25) is 0 Å². The number of aromatic nitrogens is 1. The van der Waals surface area contributed by atoms with Crippen molar-refractivity contribution in [2.75, 3.05) is 11.5 Å². The minimum Gasteiger partial charge on any atom is -0.398 e. The van der Waals surface area contributed by atoms with Crippen LogP contribution in [-0.2, 0) is 16.4 Å². The van der Waals surface area contributed by atoms with Crippen LogP contribution in [0, 0.1) is 0 Å². The van der Waals surface area contributed by atoms with Gasteiger partial charge < -0.3 is 10.3 Å². The molecule has 106 valence electrons. The fourth-order valence-corrected chi connectivity index (χ4v) is 3.54. The van der Waals surface area contributed by atoms with Crippen LogP contribution in [0.2, 0.25) is 0 Å². The van der Waals surface area contributed by atoms with Gasteiger partial charge in [-0.3, -0.25) is 4.79 Å². The van der Waals surface area contributed by atoms with Crippen LogP contribution in [0.1, 0.15) is 0 Å². The van der Waals surface area contributed by atoms with Gasteiger partial charge in [0, 0.05) is 29.0 Å². The summed E-state index contributed by atoms with van der Waals surface area (Å²) in [4.78, 5) is 11.8. The lowest BCUT2D eigenvalue weighted by atomic mass is 10.4. The van der Waals surface area contributed by atoms with Gasteiger partial charge in [-0.05, 0) is 24.3 Å². The smallest absolute Gasteiger partial charge is 0.250 e. The molecule has 1 heterocycles. The lowest BCUT2D eigenvalue weighted by Gasteiger charge is -2.08. The molecule has 0 saturated heterocycles. The summed E-state index contributed by atoms with van der Waals surface area (Å²) in [5.74, 6) is -0.160. The van der Waals surface area contributed by atoms with Crippen molar-refractivity contribution in [2.24, 2.45) is 0 Å². The number of benzene rings is 1. The maximum absolute atomic E-state index is 12.2. The SMILES string of the molecule is Nc1ccc(=O)n(CCS(=O)(=O)c2cccc(Br)c2)c1. The van der Waals surface area contributed by atoms with Gasteiger partial charge >= 0.3 is 0 Å². The highest BCUT2D eigenvalue weighted by Crippen LogP contribution is 2.17. The predicted octanol–water partition coefficient (Wildman–Crippen LogP) is 1.67. The van der Waals surface area contributed by atoms with Crippen molar-refractivity contribution in [3.63, 3.8) is 0 Å². The second-order valence-corrected chi connectivity index (χ2v) is 7.30. The quantitative estimate of drug-likeness (QED) is 0.902. The first-order valence-corrected chi connectivity index (χ1v) is 8.27. The Morgan fingerprint density at radius 1 is 1.20 bits per heavy atom. The molecular weight excluding hydrogens is 344 g/mol. The number of hydrogen-bond acceptors (Lipinski definition) is 4. The van der Waals surface area contributed by atoms with Crippen molar-refractivity contribution in [3.05, 3.63) is 57.4 Å². The van der Waals surface area contributed by atoms with Crippen molar-refractivity contribution < 1.29 is 8.42 Å². The number of nitrogen functional groups attached to an aromatic ring is 1. The summed E-state index contributed by atoms with van der Waals surface area (Å²) >= 11 is 3.24. The summed E-state index contributed by atoms with van der Waals surface area (Å²) in [5.41, 5.74) is 5.73. The van der Waals surface area contributed by atoms with Gasteiger partial charge in [-0.15, -0.1) is 0 Å². The van der Waals surface area contributed by atoms with E-state index in [1.807, 2.05) is 0 Å². The summed E-state index contributed by atoms with van der Waals surface area (Å²) in [6.07, 6.45) is 1.44. The highest BCUT2D eigenvalue weighted by atomic mass is 79.9. The minimum atomic E-state index is -3.44. The number of halogens is 1. The van der Waals surface area contributed by atoms with E-state index < -0.39 is 9.84 Å². The lowest BCUT2D eigenvalue weighted by molar-refractivity contribution is 0.587. The summed E-state index contributed by atoms with van der Waals surface area (Å²) < 4.78 is 26.4. The Kier molecular flexibility index (Phi) is 4.29. The van der Waals surface area contributed by atoms with E-state index in [2.05, 4.69) is 15.9 Å². The molecule has 2 rings (SSSR count). The number of nitrogens with zero attached hydrogens (tertiary/aromatic N) is 1. The predicted molar refractivity (Wildman–Crippen MR) is 81.3 cm³/mol. The van der Waals surface area contributed by atoms with Crippen LogP contribution in [0.4, 0.5) is 5.69 Å². The second kappa shape index (κ2) is 5.80. The minimum absolute atomic E-state index is 0.0682. The van der Waals surface area contributed by atoms with E-state index in [-0.39, 0.29) is 22.8 Å². The van der Waals surface area contributed by atoms with E-state index in [9.17, 15) is 13.2 Å². The number of anilines is 1. The molecule has 0 unspecified atom stereocenters. The van der Waals surface area contributed by atoms with Crippen LogP contribution in [0.5, 0.6) is 0 Å². The molecule has 0 spiro atoms. The zero-order valence-corrected chi connectivity index (χ0v) is 12.9. The fourth-order valence-electron chi connectivity index (χ4n) is 1.72. The number of pyridine rings is 1. The summed E-state index contributed by atoms with van der Waals surface area (Å²) in [5, 5.41) is 0. The molecule has 0 bridgehead atoms. The highest BCUT2D eigenvalue weighted by Gasteiger charge is 2.15. The molecule has 1 aromatic carbocycles. The average Bonchev–Trinajstić information content (AvgIpc) is 2.40. The Morgan fingerprint density at radius 3 is 2.65 bits per heavy atom. The Balaban J connectivity index is 2.22. The van der Waals surface area contributed by atoms with Crippen LogP contribution < -0.4 is 11.3 Å². The number of nitrogens with two attached hydrogens (primary N) is 1. The van der Waals surface area contributed by atoms with Crippen LogP contribution in [-0.4, -0.2) is 18.7 Å². The first-order valence-electron chi connectivity index (χ1n) is 5.83. The topological polar surface area (TPSA) is 82.2 Å². The fraction of sp³-hybridized carbons (Fsp3) is 0.154. The Bertz CT molecular complexity index is 784. The van der Waals surface area contributed by atoms with Crippen molar-refractivity contribution in [1.29, 1.82) is 0 Å². The average molecular weight is 357 g/mol. The van der Waals surface area contributed by atoms with E-state index in [1.54, 1.807) is 12.1 Å². The van der Waals surface area contributed by atoms with Gasteiger partial charge in [0.1, 0.15) is 0 Å². The molecule has 1 aromatic heterocycles. The number of sulfone groups is 1. The first-order chi connectivity index (χ1) is 9.38. The number of aryl methyl sites for hydroxylation is 1. The third kappa shape index (κ3) is 3.49. The summed E-state index contributed by atoms with van der Waals surface area (Å²) in [7, 11) is -3.44. The standard InChI is InChI=1S/C13H13BrN2O3S/c14-10-2-1-3-12(8-10)20(18,19)7-6-16-9-11(15)4-5-13(16)17/h1-5,8-9H,6-7,15H2. The molecule has 0 radical (unpaired) electrons. The van der Waals surface area contributed by atoms with E-state index in [4.69, 9.17) is 5.73 Å². The largest absolute Gasteiger partial charge is 0.398 e. The summed E-state index contributed by atoms with van der Waals surface area (Å²) in [6, 6.07) is 9.29. The summed E-state index contributed by atoms with van der Waals surface area (Å²) in [6.45, 7) is 0.0682. The van der Waals surface area contributed by atoms with E-state index >= 15 is 0 Å². The molecule has 5 nitrogen and oxygen atoms in total. The van der Waals surface area contributed by atoms with Crippen molar-refractivity contribution in [1.82, 2.24) is 4.57 Å². The molecule has 2 N–H and O–H groups in total. The molecule has 2 aromatic rings. The zero-order chi connectivity index (χ0) is 14.8. The molecule has 0 amide bonds. The maximum Gasteiger partial charge on any atom is 0.250 e. The molecule has 0 aliphatic rings. The lowest BCUT2D eigenvalue weighted by Crippen LogP contribution is -2.23. The van der Waals surface area contributed by atoms with Crippen LogP contribution in [0.25, 0.3) is 0 Å². The van der Waals surface area contributed by atoms with Gasteiger partial charge in [0.15, 0.2) is 9.84 Å². The van der Waals surface area contributed by atoms with E-state index in [0.717, 1.165) is 0 Å². The van der Waals surface area contributed by atoms with Gasteiger partial charge in [0.05, 0.1) is 10.6 Å². The Hall–Kier alpha value is -1.60. The van der Waals surface area contributed by atoms with Crippen molar-refractivity contribution in [2.45, 2.75) is 11.4 Å². The molecule has 0 aliphatic carbocycles. The van der Waals surface area contributed by atoms with Gasteiger partial charge in [0.25, 0.3) is 5.56 Å². The maximum atomic E-state index is 12.2. The van der Waals surface area contributed by atoms with Gasteiger partial charge in [-0.1, -0.05) is 22.0 Å². The molecule has 0 aliphatic heterocycles. The molecular formula is C13H13BrN2O3S.